The van der Waals surface area contributed by atoms with Gasteiger partial charge in [-0.25, -0.2) is 9.79 Å². The monoisotopic (exact) mass is 173 g/mol. The molecule has 2 nitrogen and oxygen atoms in total. The zero-order chi connectivity index (χ0) is 9.68. The van der Waals surface area contributed by atoms with Crippen LogP contribution in [-0.4, -0.2) is 6.08 Å². The van der Waals surface area contributed by atoms with Gasteiger partial charge in [0.25, 0.3) is 0 Å². The van der Waals surface area contributed by atoms with Gasteiger partial charge in [-0.2, -0.15) is 0 Å². The van der Waals surface area contributed by atoms with Gasteiger partial charge in [0.1, 0.15) is 0 Å². The predicted molar refractivity (Wildman–Crippen MR) is 53.0 cm³/mol. The Morgan fingerprint density at radius 2 is 2.23 bits per heavy atom. The summed E-state index contributed by atoms with van der Waals surface area (Å²) >= 11 is 0. The quantitative estimate of drug-likeness (QED) is 0.510. The maximum absolute atomic E-state index is 9.95. The molecule has 0 atom stereocenters. The largest absolute Gasteiger partial charge is 0.235 e. The fourth-order valence-electron chi connectivity index (χ4n) is 1.19. The third-order valence-corrected chi connectivity index (χ3v) is 1.79. The molecule has 0 aliphatic rings. The van der Waals surface area contributed by atoms with Crippen molar-refractivity contribution in [3.05, 3.63) is 42.0 Å². The third kappa shape index (κ3) is 2.39. The summed E-state index contributed by atoms with van der Waals surface area (Å²) in [6, 6.07) is 7.77. The molecule has 1 aromatic rings. The molecule has 0 unspecified atom stereocenters. The first-order chi connectivity index (χ1) is 6.25. The number of rotatable bonds is 3. The summed E-state index contributed by atoms with van der Waals surface area (Å²) in [5.41, 5.74) is 3.05. The zero-order valence-corrected chi connectivity index (χ0v) is 7.58. The molecule has 1 aromatic carbocycles. The summed E-state index contributed by atoms with van der Waals surface area (Å²) in [4.78, 5) is 13.5. The molecule has 66 valence electrons. The number of carbonyl (C=O) groups excluding carboxylic acids is 1. The van der Waals surface area contributed by atoms with E-state index >= 15 is 0 Å². The van der Waals surface area contributed by atoms with Crippen LogP contribution in [0.2, 0.25) is 0 Å². The van der Waals surface area contributed by atoms with Crippen molar-refractivity contribution in [3.63, 3.8) is 0 Å². The van der Waals surface area contributed by atoms with Gasteiger partial charge < -0.3 is 0 Å². The van der Waals surface area contributed by atoms with Crippen LogP contribution in [0.3, 0.4) is 0 Å². The molecule has 0 aromatic heterocycles. The highest BCUT2D eigenvalue weighted by Crippen LogP contribution is 2.17. The van der Waals surface area contributed by atoms with Crippen LogP contribution in [0.5, 0.6) is 0 Å². The van der Waals surface area contributed by atoms with Gasteiger partial charge in [-0.15, -0.1) is 0 Å². The second kappa shape index (κ2) is 4.39. The summed E-state index contributed by atoms with van der Waals surface area (Å²) in [6.45, 7) is 6.17. The van der Waals surface area contributed by atoms with Gasteiger partial charge in [-0.05, 0) is 18.1 Å². The van der Waals surface area contributed by atoms with Crippen molar-refractivity contribution in [2.45, 2.75) is 13.5 Å². The Morgan fingerprint density at radius 1 is 1.54 bits per heavy atom. The number of hydrogen-bond acceptors (Lipinski definition) is 2. The molecule has 13 heavy (non-hydrogen) atoms. The lowest BCUT2D eigenvalue weighted by Crippen LogP contribution is -1.88. The summed E-state index contributed by atoms with van der Waals surface area (Å²) in [7, 11) is 0. The minimum Gasteiger partial charge on any atom is -0.211 e. The van der Waals surface area contributed by atoms with E-state index in [4.69, 9.17) is 0 Å². The van der Waals surface area contributed by atoms with Crippen molar-refractivity contribution in [1.29, 1.82) is 0 Å². The molecule has 0 bridgehead atoms. The van der Waals surface area contributed by atoms with Crippen LogP contribution in [-0.2, 0) is 11.3 Å². The van der Waals surface area contributed by atoms with Crippen LogP contribution in [0.1, 0.15) is 18.1 Å². The van der Waals surface area contributed by atoms with Gasteiger partial charge in [-0.3, -0.25) is 0 Å². The highest BCUT2D eigenvalue weighted by molar-refractivity contribution is 5.64. The normalized spacial score (nSPS) is 9.00. The number of aliphatic imine (C=N–C) groups is 1. The molecule has 0 saturated heterocycles. The Balaban J connectivity index is 3.04. The first-order valence-electron chi connectivity index (χ1n) is 4.03. The molecule has 0 aliphatic carbocycles. The maximum Gasteiger partial charge on any atom is 0.235 e. The zero-order valence-electron chi connectivity index (χ0n) is 7.58. The van der Waals surface area contributed by atoms with E-state index in [0.717, 1.165) is 16.7 Å². The Hall–Kier alpha value is -1.66. The third-order valence-electron chi connectivity index (χ3n) is 1.79. The lowest BCUT2D eigenvalue weighted by Gasteiger charge is -2.04. The van der Waals surface area contributed by atoms with E-state index in [1.807, 2.05) is 31.2 Å². The van der Waals surface area contributed by atoms with E-state index in [0.29, 0.717) is 6.54 Å². The Bertz CT molecular complexity index is 362. The van der Waals surface area contributed by atoms with Crippen LogP contribution in [0.15, 0.2) is 35.8 Å². The summed E-state index contributed by atoms with van der Waals surface area (Å²) in [6.07, 6.45) is 1.53. The van der Waals surface area contributed by atoms with Gasteiger partial charge in [0.05, 0.1) is 6.54 Å². The van der Waals surface area contributed by atoms with E-state index in [2.05, 4.69) is 11.6 Å². The maximum atomic E-state index is 9.95. The van der Waals surface area contributed by atoms with Crippen molar-refractivity contribution >= 4 is 11.7 Å². The molecule has 0 amide bonds. The van der Waals surface area contributed by atoms with Gasteiger partial charge in [0.2, 0.25) is 6.08 Å². The van der Waals surface area contributed by atoms with E-state index in [9.17, 15) is 4.79 Å². The number of allylic oxidation sites excluding steroid dienone is 1. The predicted octanol–water partition coefficient (Wildman–Crippen LogP) is 2.56. The van der Waals surface area contributed by atoms with Gasteiger partial charge in [0.15, 0.2) is 0 Å². The minimum absolute atomic E-state index is 0.381. The SMILES string of the molecule is C=C(C)c1ccccc1CN=C=O. The number of isocyanates is 1. The highest BCUT2D eigenvalue weighted by atomic mass is 16.1. The fourth-order valence-corrected chi connectivity index (χ4v) is 1.19. The second-order valence-corrected chi connectivity index (χ2v) is 2.84. The standard InChI is InChI=1S/C11H11NO/c1-9(2)11-6-4-3-5-10(11)7-12-8-13/h3-6H,1,7H2,2H3. The minimum atomic E-state index is 0.381. The highest BCUT2D eigenvalue weighted by Gasteiger charge is 2.00. The van der Waals surface area contributed by atoms with Gasteiger partial charge in [-0.1, -0.05) is 36.4 Å². The van der Waals surface area contributed by atoms with Crippen molar-refractivity contribution in [3.8, 4) is 0 Å². The molecule has 0 heterocycles. The van der Waals surface area contributed by atoms with Gasteiger partial charge >= 0.3 is 0 Å². The van der Waals surface area contributed by atoms with Crippen molar-refractivity contribution < 1.29 is 4.79 Å². The molecular formula is C11H11NO. The van der Waals surface area contributed by atoms with Gasteiger partial charge in [0, 0.05) is 0 Å². The molecule has 0 spiro atoms. The molecule has 1 rings (SSSR count). The Kier molecular flexibility index (Phi) is 3.18. The molecule has 0 radical (unpaired) electrons. The average molecular weight is 173 g/mol. The second-order valence-electron chi connectivity index (χ2n) is 2.84. The number of benzene rings is 1. The van der Waals surface area contributed by atoms with Crippen LogP contribution >= 0.6 is 0 Å². The first-order valence-corrected chi connectivity index (χ1v) is 4.03. The topological polar surface area (TPSA) is 29.4 Å². The van der Waals surface area contributed by atoms with E-state index in [1.165, 1.54) is 6.08 Å². The number of nitrogens with zero attached hydrogens (tertiary/aromatic N) is 1. The summed E-state index contributed by atoms with van der Waals surface area (Å²) in [5, 5.41) is 0. The van der Waals surface area contributed by atoms with Crippen molar-refractivity contribution in [1.82, 2.24) is 0 Å². The molecule has 2 heteroatoms. The molecule has 0 saturated carbocycles. The smallest absolute Gasteiger partial charge is 0.211 e. The van der Waals surface area contributed by atoms with Crippen LogP contribution in [0, 0.1) is 0 Å². The first kappa shape index (κ1) is 9.43. The van der Waals surface area contributed by atoms with Crippen LogP contribution < -0.4 is 0 Å². The van der Waals surface area contributed by atoms with Crippen molar-refractivity contribution in [2.24, 2.45) is 4.99 Å². The van der Waals surface area contributed by atoms with E-state index in [-0.39, 0.29) is 0 Å². The van der Waals surface area contributed by atoms with Crippen LogP contribution in [0.4, 0.5) is 0 Å². The lowest BCUT2D eigenvalue weighted by molar-refractivity contribution is 0.563. The molecule has 0 N–H and O–H groups in total. The average Bonchev–Trinajstić information content (AvgIpc) is 2.15. The molecule has 0 aliphatic heterocycles. The number of hydrogen-bond donors (Lipinski definition) is 0. The Morgan fingerprint density at radius 3 is 2.85 bits per heavy atom. The van der Waals surface area contributed by atoms with E-state index in [1.54, 1.807) is 0 Å². The lowest BCUT2D eigenvalue weighted by atomic mass is 10.0. The fraction of sp³-hybridized carbons (Fsp3) is 0.182. The molecule has 0 fully saturated rings. The molecular weight excluding hydrogens is 162 g/mol. The summed E-state index contributed by atoms with van der Waals surface area (Å²) in [5.74, 6) is 0. The summed E-state index contributed by atoms with van der Waals surface area (Å²) < 4.78 is 0. The van der Waals surface area contributed by atoms with Crippen molar-refractivity contribution in [2.75, 3.05) is 0 Å². The van der Waals surface area contributed by atoms with Crippen LogP contribution in [0.25, 0.3) is 5.57 Å². The van der Waals surface area contributed by atoms with E-state index < -0.39 is 0 Å². The Labute approximate surface area is 77.6 Å².